The second-order valence-corrected chi connectivity index (χ2v) is 5.75. The highest BCUT2D eigenvalue weighted by Gasteiger charge is 2.33. The molecule has 1 heterocycles. The first-order valence-electron chi connectivity index (χ1n) is 7.67. The molecule has 0 aliphatic carbocycles. The van der Waals surface area contributed by atoms with Gasteiger partial charge in [0.25, 0.3) is 0 Å². The number of aromatic nitrogens is 1. The summed E-state index contributed by atoms with van der Waals surface area (Å²) in [7, 11) is 0. The average Bonchev–Trinajstić information content (AvgIpc) is 2.74. The monoisotopic (exact) mass is 441 g/mol. The molecule has 3 rings (SSSR count). The van der Waals surface area contributed by atoms with Crippen LogP contribution < -0.4 is 0 Å². The molecule has 0 amide bonds. The van der Waals surface area contributed by atoms with E-state index in [4.69, 9.17) is 5.11 Å². The molecule has 0 unspecified atom stereocenters. The molecule has 3 aromatic rings. The second-order valence-electron chi connectivity index (χ2n) is 5.75. The fourth-order valence-corrected chi connectivity index (χ4v) is 2.63. The Morgan fingerprint density at radius 3 is 1.30 bits per heavy atom. The van der Waals surface area contributed by atoms with Gasteiger partial charge in [-0.25, -0.2) is 48.9 Å². The Morgan fingerprint density at radius 2 is 0.900 bits per heavy atom. The molecular formula is C18H5F10NO. The summed E-state index contributed by atoms with van der Waals surface area (Å²) in [6.45, 7) is -0.959. The van der Waals surface area contributed by atoms with Gasteiger partial charge in [-0.15, -0.1) is 0 Å². The predicted molar refractivity (Wildman–Crippen MR) is 80.6 cm³/mol. The smallest absolute Gasteiger partial charge is 0.200 e. The van der Waals surface area contributed by atoms with Crippen LogP contribution in [-0.2, 0) is 6.61 Å². The van der Waals surface area contributed by atoms with Crippen molar-refractivity contribution in [2.75, 3.05) is 0 Å². The Balaban J connectivity index is 2.51. The first kappa shape index (κ1) is 21.6. The molecule has 0 bridgehead atoms. The number of nitrogens with zero attached hydrogens (tertiary/aromatic N) is 1. The third kappa shape index (κ3) is 3.07. The Hall–Kier alpha value is -3.15. The summed E-state index contributed by atoms with van der Waals surface area (Å²) in [5.74, 6) is -24.6. The fraction of sp³-hybridized carbons (Fsp3) is 0.0556. The average molecular weight is 441 g/mol. The molecule has 12 heteroatoms. The molecule has 0 radical (unpaired) electrons. The summed E-state index contributed by atoms with van der Waals surface area (Å²) in [4.78, 5) is 3.38. The van der Waals surface area contributed by atoms with Gasteiger partial charge in [-0.1, -0.05) is 6.07 Å². The van der Waals surface area contributed by atoms with Crippen LogP contribution in [0.2, 0.25) is 0 Å². The van der Waals surface area contributed by atoms with Gasteiger partial charge in [0.15, 0.2) is 46.5 Å². The summed E-state index contributed by atoms with van der Waals surface area (Å²) >= 11 is 0. The lowest BCUT2D eigenvalue weighted by Crippen LogP contribution is -2.09. The van der Waals surface area contributed by atoms with E-state index in [0.29, 0.717) is 6.07 Å². The van der Waals surface area contributed by atoms with Crippen molar-refractivity contribution >= 4 is 0 Å². The van der Waals surface area contributed by atoms with Gasteiger partial charge in [0.1, 0.15) is 0 Å². The van der Waals surface area contributed by atoms with Crippen LogP contribution in [0.3, 0.4) is 0 Å². The number of benzene rings is 2. The Labute approximate surface area is 160 Å². The van der Waals surface area contributed by atoms with E-state index in [1.165, 1.54) is 0 Å². The first-order chi connectivity index (χ1) is 14.0. The van der Waals surface area contributed by atoms with Crippen LogP contribution in [-0.4, -0.2) is 10.1 Å². The Kier molecular flexibility index (Phi) is 5.46. The lowest BCUT2D eigenvalue weighted by molar-refractivity contribution is 0.277. The van der Waals surface area contributed by atoms with Gasteiger partial charge in [-0.3, -0.25) is 0 Å². The van der Waals surface area contributed by atoms with Crippen molar-refractivity contribution in [1.82, 2.24) is 4.98 Å². The van der Waals surface area contributed by atoms with Gasteiger partial charge in [-0.2, -0.15) is 0 Å². The molecule has 0 aliphatic heterocycles. The number of hydrogen-bond donors (Lipinski definition) is 1. The predicted octanol–water partition coefficient (Wildman–Crippen LogP) is 5.30. The summed E-state index contributed by atoms with van der Waals surface area (Å²) in [6, 6.07) is 1.33. The number of hydrogen-bond acceptors (Lipinski definition) is 2. The van der Waals surface area contributed by atoms with Crippen LogP contribution in [0, 0.1) is 58.2 Å². The van der Waals surface area contributed by atoms with E-state index in [1.54, 1.807) is 0 Å². The van der Waals surface area contributed by atoms with Crippen LogP contribution in [0.4, 0.5) is 43.9 Å². The van der Waals surface area contributed by atoms with E-state index < -0.39 is 92.9 Å². The van der Waals surface area contributed by atoms with Crippen molar-refractivity contribution in [3.63, 3.8) is 0 Å². The van der Waals surface area contributed by atoms with E-state index in [-0.39, 0.29) is 0 Å². The van der Waals surface area contributed by atoms with E-state index in [0.717, 1.165) is 6.07 Å². The van der Waals surface area contributed by atoms with Crippen LogP contribution in [0.25, 0.3) is 22.4 Å². The summed E-state index contributed by atoms with van der Waals surface area (Å²) in [6.07, 6.45) is 0. The minimum atomic E-state index is -2.55. The molecule has 0 spiro atoms. The van der Waals surface area contributed by atoms with Crippen molar-refractivity contribution in [2.24, 2.45) is 0 Å². The fourth-order valence-electron chi connectivity index (χ4n) is 2.63. The minimum Gasteiger partial charge on any atom is -0.390 e. The summed E-state index contributed by atoms with van der Waals surface area (Å²) in [5.41, 5.74) is -6.51. The maximum atomic E-state index is 14.2. The molecule has 0 atom stereocenters. The topological polar surface area (TPSA) is 33.1 Å². The number of aliphatic hydroxyl groups is 1. The molecule has 30 heavy (non-hydrogen) atoms. The van der Waals surface area contributed by atoms with Gasteiger partial charge in [0, 0.05) is 5.56 Å². The third-order valence-corrected chi connectivity index (χ3v) is 4.04. The zero-order chi connectivity index (χ0) is 22.5. The molecular weight excluding hydrogens is 436 g/mol. The van der Waals surface area contributed by atoms with Crippen LogP contribution in [0.15, 0.2) is 12.1 Å². The highest BCUT2D eigenvalue weighted by molar-refractivity contribution is 5.82. The Bertz CT molecular complexity index is 1140. The first-order valence-corrected chi connectivity index (χ1v) is 7.67. The van der Waals surface area contributed by atoms with E-state index in [1.807, 2.05) is 0 Å². The number of aliphatic hydroxyl groups excluding tert-OH is 1. The zero-order valence-electron chi connectivity index (χ0n) is 14.0. The molecule has 1 N–H and O–H groups in total. The van der Waals surface area contributed by atoms with Crippen molar-refractivity contribution in [2.45, 2.75) is 6.61 Å². The number of halogens is 10. The standard InChI is InChI=1S/C18H5F10NO/c19-8-6(9(20)13(24)16(27)12(8)23)5-2-1-4(3-30)29-18(5)7-10(21)14(25)17(28)15(26)11(7)22/h1-2,30H,3H2. The van der Waals surface area contributed by atoms with Crippen LogP contribution >= 0.6 is 0 Å². The lowest BCUT2D eigenvalue weighted by atomic mass is 9.96. The quantitative estimate of drug-likeness (QED) is 0.340. The van der Waals surface area contributed by atoms with Gasteiger partial charge in [0.2, 0.25) is 11.6 Å². The van der Waals surface area contributed by atoms with Crippen LogP contribution in [0.1, 0.15) is 5.69 Å². The third-order valence-electron chi connectivity index (χ3n) is 4.04. The van der Waals surface area contributed by atoms with Crippen molar-refractivity contribution in [1.29, 1.82) is 0 Å². The molecule has 0 saturated carbocycles. The molecule has 0 aliphatic rings. The van der Waals surface area contributed by atoms with Gasteiger partial charge in [0.05, 0.1) is 29.1 Å². The second kappa shape index (κ2) is 7.59. The molecule has 2 aromatic carbocycles. The van der Waals surface area contributed by atoms with Gasteiger partial charge in [-0.05, 0) is 6.07 Å². The van der Waals surface area contributed by atoms with E-state index in [9.17, 15) is 43.9 Å². The largest absolute Gasteiger partial charge is 0.390 e. The molecule has 0 fully saturated rings. The summed E-state index contributed by atoms with van der Waals surface area (Å²) in [5, 5.41) is 9.12. The van der Waals surface area contributed by atoms with E-state index >= 15 is 0 Å². The van der Waals surface area contributed by atoms with Crippen molar-refractivity contribution in [3.8, 4) is 22.4 Å². The van der Waals surface area contributed by atoms with Crippen molar-refractivity contribution < 1.29 is 49.0 Å². The Morgan fingerprint density at radius 1 is 0.533 bits per heavy atom. The molecule has 1 aromatic heterocycles. The van der Waals surface area contributed by atoms with E-state index in [2.05, 4.69) is 4.98 Å². The SMILES string of the molecule is OCc1ccc(-c2c(F)c(F)c(F)c(F)c2F)c(-c2c(F)c(F)c(F)c(F)c2F)n1. The lowest BCUT2D eigenvalue weighted by Gasteiger charge is -2.15. The number of pyridine rings is 1. The number of rotatable bonds is 3. The maximum absolute atomic E-state index is 14.2. The zero-order valence-corrected chi connectivity index (χ0v) is 14.0. The molecule has 0 saturated heterocycles. The highest BCUT2D eigenvalue weighted by atomic mass is 19.2. The summed E-state index contributed by atoms with van der Waals surface area (Å²) < 4.78 is 138. The minimum absolute atomic E-state index is 0.471. The molecule has 2 nitrogen and oxygen atoms in total. The van der Waals surface area contributed by atoms with Crippen molar-refractivity contribution in [3.05, 3.63) is 76.0 Å². The molecule has 158 valence electrons. The van der Waals surface area contributed by atoms with Crippen LogP contribution in [0.5, 0.6) is 0 Å². The highest BCUT2D eigenvalue weighted by Crippen LogP contribution is 2.40. The maximum Gasteiger partial charge on any atom is 0.200 e. The van der Waals surface area contributed by atoms with Gasteiger partial charge < -0.3 is 5.11 Å². The van der Waals surface area contributed by atoms with Gasteiger partial charge >= 0.3 is 0 Å². The normalized spacial score (nSPS) is 11.3.